The van der Waals surface area contributed by atoms with E-state index in [4.69, 9.17) is 11.6 Å². The van der Waals surface area contributed by atoms with Gasteiger partial charge in [-0.2, -0.15) is 13.2 Å². The number of aliphatic hydroxyl groups excluding tert-OH is 1. The van der Waals surface area contributed by atoms with Gasteiger partial charge in [0.2, 0.25) is 0 Å². The van der Waals surface area contributed by atoms with Crippen LogP contribution in [-0.4, -0.2) is 85.4 Å². The van der Waals surface area contributed by atoms with E-state index in [1.807, 2.05) is 4.90 Å². The fraction of sp³-hybridized carbons (Fsp3) is 0.481. The number of carbonyl (C=O) groups excluding carboxylic acids is 2. The lowest BCUT2D eigenvalue weighted by Crippen LogP contribution is -2.47. The van der Waals surface area contributed by atoms with Gasteiger partial charge in [0.15, 0.2) is 0 Å². The van der Waals surface area contributed by atoms with Gasteiger partial charge in [-0.05, 0) is 55.2 Å². The van der Waals surface area contributed by atoms with Gasteiger partial charge in [-0.15, -0.1) is 0 Å². The van der Waals surface area contributed by atoms with E-state index in [1.54, 1.807) is 28.0 Å². The van der Waals surface area contributed by atoms with Gasteiger partial charge in [0.05, 0.1) is 23.4 Å². The standard InChI is InChI=1S/C27H32ClF4N5O3/c28-19-1-4-23(24(15-19)36-13-11-35(12-14-36)10-7-27(30,31)32)34-25(39)21-3-2-20(16-22(21)29)33-26(40)37-8-5-18(17-38)6-9-37/h1-4,15-16,18,38H,5-14,17H2,(H,33,40)(H,34,39). The topological polar surface area (TPSA) is 88.2 Å². The third-order valence-corrected chi connectivity index (χ3v) is 7.49. The number of alkyl halides is 3. The molecule has 13 heteroatoms. The molecule has 0 spiro atoms. The molecule has 0 atom stereocenters. The number of amides is 3. The third-order valence-electron chi connectivity index (χ3n) is 7.26. The SMILES string of the molecule is O=C(Nc1ccc(Cl)cc1N1CCN(CCC(F)(F)F)CC1)c1ccc(NC(=O)N2CCC(CO)CC2)cc1F. The van der Waals surface area contributed by atoms with Crippen molar-refractivity contribution in [2.24, 2.45) is 5.92 Å². The van der Waals surface area contributed by atoms with Crippen molar-refractivity contribution in [1.29, 1.82) is 0 Å². The highest BCUT2D eigenvalue weighted by molar-refractivity contribution is 6.31. The molecule has 0 unspecified atom stereocenters. The van der Waals surface area contributed by atoms with Gasteiger partial charge >= 0.3 is 12.2 Å². The van der Waals surface area contributed by atoms with Crippen LogP contribution in [0.15, 0.2) is 36.4 Å². The molecule has 4 rings (SSSR count). The summed E-state index contributed by atoms with van der Waals surface area (Å²) in [6, 6.07) is 8.26. The molecule has 0 saturated carbocycles. The van der Waals surface area contributed by atoms with Crippen molar-refractivity contribution in [3.63, 3.8) is 0 Å². The fourth-order valence-corrected chi connectivity index (χ4v) is 5.02. The summed E-state index contributed by atoms with van der Waals surface area (Å²) < 4.78 is 52.7. The van der Waals surface area contributed by atoms with Crippen LogP contribution in [0.3, 0.4) is 0 Å². The van der Waals surface area contributed by atoms with Crippen molar-refractivity contribution >= 4 is 40.6 Å². The van der Waals surface area contributed by atoms with Gasteiger partial charge in [0.25, 0.3) is 5.91 Å². The number of hydrogen-bond acceptors (Lipinski definition) is 5. The van der Waals surface area contributed by atoms with Gasteiger partial charge in [-0.3, -0.25) is 9.69 Å². The highest BCUT2D eigenvalue weighted by Gasteiger charge is 2.29. The Hall–Kier alpha value is -3.09. The summed E-state index contributed by atoms with van der Waals surface area (Å²) in [6.07, 6.45) is -3.70. The zero-order chi connectivity index (χ0) is 28.9. The molecule has 218 valence electrons. The molecule has 8 nitrogen and oxygen atoms in total. The Kier molecular flexibility index (Phi) is 9.75. The minimum atomic E-state index is -4.21. The molecule has 3 N–H and O–H groups in total. The minimum Gasteiger partial charge on any atom is -0.396 e. The third kappa shape index (κ3) is 7.98. The molecule has 2 fully saturated rings. The maximum Gasteiger partial charge on any atom is 0.390 e. The lowest BCUT2D eigenvalue weighted by molar-refractivity contribution is -0.138. The summed E-state index contributed by atoms with van der Waals surface area (Å²) in [5, 5.41) is 15.0. The van der Waals surface area contributed by atoms with Crippen LogP contribution in [0.4, 0.5) is 39.4 Å². The summed E-state index contributed by atoms with van der Waals surface area (Å²) >= 11 is 6.19. The van der Waals surface area contributed by atoms with Crippen molar-refractivity contribution in [1.82, 2.24) is 9.80 Å². The summed E-state index contributed by atoms with van der Waals surface area (Å²) in [5.74, 6) is -1.34. The summed E-state index contributed by atoms with van der Waals surface area (Å²) in [5.41, 5.74) is 0.963. The molecular formula is C27H32ClF4N5O3. The van der Waals surface area contributed by atoms with Crippen LogP contribution in [0, 0.1) is 11.7 Å². The lowest BCUT2D eigenvalue weighted by Gasteiger charge is -2.37. The van der Waals surface area contributed by atoms with Gasteiger partial charge in [0, 0.05) is 63.1 Å². The van der Waals surface area contributed by atoms with Gasteiger partial charge in [0.1, 0.15) is 5.82 Å². The van der Waals surface area contributed by atoms with Crippen LogP contribution < -0.4 is 15.5 Å². The molecule has 0 aromatic heterocycles. The van der Waals surface area contributed by atoms with Crippen LogP contribution >= 0.6 is 11.6 Å². The number of aliphatic hydroxyl groups is 1. The van der Waals surface area contributed by atoms with Gasteiger partial charge in [-0.1, -0.05) is 11.6 Å². The smallest absolute Gasteiger partial charge is 0.390 e. The van der Waals surface area contributed by atoms with E-state index in [-0.39, 0.29) is 36.4 Å². The first-order valence-corrected chi connectivity index (χ1v) is 13.5. The van der Waals surface area contributed by atoms with E-state index in [0.717, 1.165) is 6.07 Å². The molecule has 2 aromatic carbocycles. The maximum atomic E-state index is 14.9. The molecule has 2 aliphatic heterocycles. The first-order valence-electron chi connectivity index (χ1n) is 13.1. The van der Waals surface area contributed by atoms with Crippen molar-refractivity contribution in [3.8, 4) is 0 Å². The summed E-state index contributed by atoms with van der Waals surface area (Å²) in [7, 11) is 0. The van der Waals surface area contributed by atoms with Crippen LogP contribution in [0.2, 0.25) is 5.02 Å². The average Bonchev–Trinajstić information content (AvgIpc) is 2.93. The van der Waals surface area contributed by atoms with Crippen LogP contribution in [-0.2, 0) is 0 Å². The van der Waals surface area contributed by atoms with Crippen molar-refractivity contribution in [3.05, 3.63) is 52.8 Å². The zero-order valence-electron chi connectivity index (χ0n) is 21.8. The number of nitrogens with zero attached hydrogens (tertiary/aromatic N) is 3. The Morgan fingerprint density at radius 3 is 2.30 bits per heavy atom. The van der Waals surface area contributed by atoms with Crippen molar-refractivity contribution in [2.75, 3.05) is 68.0 Å². The first kappa shape index (κ1) is 29.9. The predicted molar refractivity (Wildman–Crippen MR) is 146 cm³/mol. The average molecular weight is 586 g/mol. The normalized spacial score (nSPS) is 17.1. The number of nitrogens with one attached hydrogen (secondary N) is 2. The first-order chi connectivity index (χ1) is 19.0. The Labute approximate surface area is 234 Å². The Balaban J connectivity index is 1.38. The number of piperazine rings is 1. The van der Waals surface area contributed by atoms with E-state index >= 15 is 0 Å². The molecule has 2 saturated heterocycles. The van der Waals surface area contributed by atoms with Crippen molar-refractivity contribution < 1.29 is 32.3 Å². The molecule has 0 bridgehead atoms. The lowest BCUT2D eigenvalue weighted by atomic mass is 9.98. The summed E-state index contributed by atoms with van der Waals surface area (Å²) in [6.45, 7) is 2.69. The molecular weight excluding hydrogens is 554 g/mol. The number of rotatable bonds is 7. The Morgan fingerprint density at radius 1 is 0.975 bits per heavy atom. The van der Waals surface area contributed by atoms with Crippen LogP contribution in [0.25, 0.3) is 0 Å². The quantitative estimate of drug-likeness (QED) is 0.396. The second-order valence-corrected chi connectivity index (χ2v) is 10.5. The number of anilines is 3. The molecule has 0 aliphatic carbocycles. The highest BCUT2D eigenvalue weighted by Crippen LogP contribution is 2.31. The van der Waals surface area contributed by atoms with Gasteiger partial charge < -0.3 is 25.5 Å². The monoisotopic (exact) mass is 585 g/mol. The maximum absolute atomic E-state index is 14.9. The highest BCUT2D eigenvalue weighted by atomic mass is 35.5. The Morgan fingerprint density at radius 2 is 1.68 bits per heavy atom. The van der Waals surface area contributed by atoms with E-state index in [1.165, 1.54) is 12.1 Å². The second kappa shape index (κ2) is 13.0. The number of piperidine rings is 1. The molecule has 3 amide bonds. The largest absolute Gasteiger partial charge is 0.396 e. The number of benzene rings is 2. The van der Waals surface area contributed by atoms with E-state index < -0.39 is 24.3 Å². The van der Waals surface area contributed by atoms with E-state index in [2.05, 4.69) is 10.6 Å². The van der Waals surface area contributed by atoms with Gasteiger partial charge in [-0.25, -0.2) is 9.18 Å². The van der Waals surface area contributed by atoms with E-state index in [9.17, 15) is 32.3 Å². The second-order valence-electron chi connectivity index (χ2n) is 10.0. The predicted octanol–water partition coefficient (Wildman–Crippen LogP) is 5.04. The van der Waals surface area contributed by atoms with E-state index in [0.29, 0.717) is 68.5 Å². The number of hydrogen-bond donors (Lipinski definition) is 3. The Bertz CT molecular complexity index is 1200. The zero-order valence-corrected chi connectivity index (χ0v) is 22.6. The number of urea groups is 1. The molecule has 40 heavy (non-hydrogen) atoms. The number of halogens is 5. The van der Waals surface area contributed by atoms with Crippen LogP contribution in [0.5, 0.6) is 0 Å². The molecule has 2 heterocycles. The number of likely N-dealkylation sites (tertiary alicyclic amines) is 1. The fourth-order valence-electron chi connectivity index (χ4n) is 4.86. The molecule has 2 aromatic rings. The molecule has 2 aliphatic rings. The van der Waals surface area contributed by atoms with Crippen LogP contribution in [0.1, 0.15) is 29.6 Å². The molecule has 0 radical (unpaired) electrons. The summed E-state index contributed by atoms with van der Waals surface area (Å²) in [4.78, 5) is 30.8. The number of carbonyl (C=O) groups is 2. The van der Waals surface area contributed by atoms with Crippen molar-refractivity contribution in [2.45, 2.75) is 25.4 Å². The minimum absolute atomic E-state index is 0.0750.